The first-order valence-electron chi connectivity index (χ1n) is 8.60. The van der Waals surface area contributed by atoms with Crippen molar-refractivity contribution in [3.8, 4) is 0 Å². The smallest absolute Gasteiger partial charge is 0.227 e. The van der Waals surface area contributed by atoms with Gasteiger partial charge in [-0.15, -0.1) is 11.8 Å². The number of rotatable bonds is 5. The summed E-state index contributed by atoms with van der Waals surface area (Å²) >= 11 is 7.63. The first-order valence-corrected chi connectivity index (χ1v) is 9.86. The SMILES string of the molecule is C[C@@H]1CN(C(=O)CCC(=O)NCc2ccc(Cl)cc2)c2ccccc2S1. The Morgan fingerprint density at radius 3 is 2.65 bits per heavy atom. The van der Waals surface area contributed by atoms with Crippen molar-refractivity contribution in [2.24, 2.45) is 0 Å². The molecule has 2 aromatic rings. The van der Waals surface area contributed by atoms with Crippen LogP contribution in [0.1, 0.15) is 25.3 Å². The second kappa shape index (κ2) is 8.60. The number of anilines is 1. The first-order chi connectivity index (χ1) is 12.5. The Balaban J connectivity index is 1.52. The van der Waals surface area contributed by atoms with E-state index in [4.69, 9.17) is 11.6 Å². The van der Waals surface area contributed by atoms with E-state index in [1.54, 1.807) is 23.9 Å². The lowest BCUT2D eigenvalue weighted by Gasteiger charge is -2.32. The molecule has 0 spiro atoms. The van der Waals surface area contributed by atoms with Gasteiger partial charge in [0.05, 0.1) is 5.69 Å². The number of hydrogen-bond donors (Lipinski definition) is 1. The Kier molecular flexibility index (Phi) is 6.22. The van der Waals surface area contributed by atoms with Gasteiger partial charge >= 0.3 is 0 Å². The third-order valence-corrected chi connectivity index (χ3v) is 5.60. The van der Waals surface area contributed by atoms with Crippen LogP contribution in [0.3, 0.4) is 0 Å². The van der Waals surface area contributed by atoms with Crippen molar-refractivity contribution in [3.63, 3.8) is 0 Å². The fraction of sp³-hybridized carbons (Fsp3) is 0.300. The van der Waals surface area contributed by atoms with E-state index in [9.17, 15) is 9.59 Å². The molecule has 1 aliphatic heterocycles. The highest BCUT2D eigenvalue weighted by Gasteiger charge is 2.26. The Morgan fingerprint density at radius 1 is 1.15 bits per heavy atom. The second-order valence-corrected chi connectivity index (χ2v) is 8.22. The number of halogens is 1. The zero-order chi connectivity index (χ0) is 18.5. The predicted octanol–water partition coefficient (Wildman–Crippen LogP) is 4.26. The second-order valence-electron chi connectivity index (χ2n) is 6.30. The summed E-state index contributed by atoms with van der Waals surface area (Å²) in [6, 6.07) is 15.3. The maximum atomic E-state index is 12.6. The third kappa shape index (κ3) is 4.80. The minimum atomic E-state index is -0.124. The van der Waals surface area contributed by atoms with Crippen LogP contribution in [0.15, 0.2) is 53.4 Å². The lowest BCUT2D eigenvalue weighted by atomic mass is 10.2. The topological polar surface area (TPSA) is 49.4 Å². The van der Waals surface area contributed by atoms with E-state index >= 15 is 0 Å². The minimum Gasteiger partial charge on any atom is -0.352 e. The molecule has 0 aliphatic carbocycles. The number of carbonyl (C=O) groups is 2. The number of benzene rings is 2. The lowest BCUT2D eigenvalue weighted by Crippen LogP contribution is -2.39. The molecule has 2 aromatic carbocycles. The zero-order valence-electron chi connectivity index (χ0n) is 14.6. The molecule has 1 atom stereocenters. The van der Waals surface area contributed by atoms with Gasteiger partial charge in [0, 0.05) is 41.1 Å². The van der Waals surface area contributed by atoms with Gasteiger partial charge in [0.2, 0.25) is 11.8 Å². The fourth-order valence-electron chi connectivity index (χ4n) is 2.87. The highest BCUT2D eigenvalue weighted by molar-refractivity contribution is 8.00. The summed E-state index contributed by atoms with van der Waals surface area (Å²) < 4.78 is 0. The van der Waals surface area contributed by atoms with E-state index in [0.717, 1.165) is 16.1 Å². The van der Waals surface area contributed by atoms with Gasteiger partial charge in [0.1, 0.15) is 0 Å². The van der Waals surface area contributed by atoms with Gasteiger partial charge in [-0.3, -0.25) is 9.59 Å². The molecule has 0 saturated heterocycles. The van der Waals surface area contributed by atoms with Crippen LogP contribution >= 0.6 is 23.4 Å². The maximum absolute atomic E-state index is 12.6. The molecule has 26 heavy (non-hydrogen) atoms. The molecule has 6 heteroatoms. The van der Waals surface area contributed by atoms with Crippen molar-refractivity contribution in [1.29, 1.82) is 0 Å². The molecule has 3 rings (SSSR count). The summed E-state index contributed by atoms with van der Waals surface area (Å²) in [5.41, 5.74) is 1.92. The molecule has 0 radical (unpaired) electrons. The van der Waals surface area contributed by atoms with Crippen LogP contribution in [0, 0.1) is 0 Å². The molecule has 136 valence electrons. The highest BCUT2D eigenvalue weighted by atomic mass is 35.5. The van der Waals surface area contributed by atoms with Crippen molar-refractivity contribution in [1.82, 2.24) is 5.32 Å². The van der Waals surface area contributed by atoms with Crippen molar-refractivity contribution in [2.45, 2.75) is 36.5 Å². The van der Waals surface area contributed by atoms with Crippen LogP contribution in [-0.4, -0.2) is 23.6 Å². The standard InChI is InChI=1S/C20H21ClN2O2S/c1-14-13-23(17-4-2-3-5-18(17)26-14)20(25)11-10-19(24)22-12-15-6-8-16(21)9-7-15/h2-9,14H,10-13H2,1H3,(H,22,24)/t14-/m1/s1. The van der Waals surface area contributed by atoms with E-state index in [0.29, 0.717) is 23.4 Å². The molecule has 0 bridgehead atoms. The van der Waals surface area contributed by atoms with Crippen LogP contribution in [0.25, 0.3) is 0 Å². The van der Waals surface area contributed by atoms with Crippen molar-refractivity contribution >= 4 is 40.9 Å². The van der Waals surface area contributed by atoms with Gasteiger partial charge in [0.15, 0.2) is 0 Å². The molecule has 2 amide bonds. The number of fused-ring (bicyclic) bond motifs is 1. The molecular formula is C20H21ClN2O2S. The van der Waals surface area contributed by atoms with E-state index < -0.39 is 0 Å². The van der Waals surface area contributed by atoms with E-state index in [1.165, 1.54) is 0 Å². The average Bonchev–Trinajstić information content (AvgIpc) is 2.65. The monoisotopic (exact) mass is 388 g/mol. The summed E-state index contributed by atoms with van der Waals surface area (Å²) in [5, 5.41) is 3.85. The van der Waals surface area contributed by atoms with Crippen LogP contribution in [0.2, 0.25) is 5.02 Å². The number of carbonyl (C=O) groups excluding carboxylic acids is 2. The van der Waals surface area contributed by atoms with E-state index in [1.807, 2.05) is 41.3 Å². The molecule has 0 aromatic heterocycles. The summed E-state index contributed by atoms with van der Waals surface area (Å²) in [6.07, 6.45) is 0.394. The highest BCUT2D eigenvalue weighted by Crippen LogP contribution is 2.38. The van der Waals surface area contributed by atoms with Crippen LogP contribution < -0.4 is 10.2 Å². The Labute approximate surface area is 162 Å². The number of thioether (sulfide) groups is 1. The number of amides is 2. The number of hydrogen-bond acceptors (Lipinski definition) is 3. The van der Waals surface area contributed by atoms with Crippen LogP contribution in [0.4, 0.5) is 5.69 Å². The maximum Gasteiger partial charge on any atom is 0.227 e. The van der Waals surface area contributed by atoms with E-state index in [-0.39, 0.29) is 24.7 Å². The normalized spacial score (nSPS) is 16.1. The first kappa shape index (κ1) is 18.8. The van der Waals surface area contributed by atoms with Gasteiger partial charge in [-0.05, 0) is 29.8 Å². The summed E-state index contributed by atoms with van der Waals surface area (Å²) in [4.78, 5) is 27.6. The zero-order valence-corrected chi connectivity index (χ0v) is 16.1. The number of nitrogens with one attached hydrogen (secondary N) is 1. The fourth-order valence-corrected chi connectivity index (χ4v) is 4.11. The summed E-state index contributed by atoms with van der Waals surface area (Å²) in [6.45, 7) is 3.22. The van der Waals surface area contributed by atoms with Crippen molar-refractivity contribution < 1.29 is 9.59 Å². The Bertz CT molecular complexity index is 795. The molecule has 1 aliphatic rings. The minimum absolute atomic E-state index is 0.00811. The molecule has 4 nitrogen and oxygen atoms in total. The third-order valence-electron chi connectivity index (χ3n) is 4.19. The molecule has 1 N–H and O–H groups in total. The Hall–Kier alpha value is -1.98. The summed E-state index contributed by atoms with van der Waals surface area (Å²) in [5.74, 6) is -0.132. The number of para-hydroxylation sites is 1. The molecule has 0 unspecified atom stereocenters. The van der Waals surface area contributed by atoms with Gasteiger partial charge in [-0.1, -0.05) is 42.8 Å². The average molecular weight is 389 g/mol. The lowest BCUT2D eigenvalue weighted by molar-refractivity contribution is -0.125. The van der Waals surface area contributed by atoms with Gasteiger partial charge in [-0.2, -0.15) is 0 Å². The molecule has 0 fully saturated rings. The summed E-state index contributed by atoms with van der Waals surface area (Å²) in [7, 11) is 0. The molecular weight excluding hydrogens is 368 g/mol. The Morgan fingerprint density at radius 2 is 1.88 bits per heavy atom. The van der Waals surface area contributed by atoms with Crippen LogP contribution in [-0.2, 0) is 16.1 Å². The largest absolute Gasteiger partial charge is 0.352 e. The van der Waals surface area contributed by atoms with Gasteiger partial charge < -0.3 is 10.2 Å². The predicted molar refractivity (Wildman–Crippen MR) is 107 cm³/mol. The van der Waals surface area contributed by atoms with Crippen LogP contribution in [0.5, 0.6) is 0 Å². The quantitative estimate of drug-likeness (QED) is 0.832. The van der Waals surface area contributed by atoms with Gasteiger partial charge in [-0.25, -0.2) is 0 Å². The van der Waals surface area contributed by atoms with Crippen molar-refractivity contribution in [3.05, 3.63) is 59.1 Å². The number of nitrogens with zero attached hydrogens (tertiary/aromatic N) is 1. The van der Waals surface area contributed by atoms with Gasteiger partial charge in [0.25, 0.3) is 0 Å². The molecule has 0 saturated carbocycles. The molecule has 1 heterocycles. The van der Waals surface area contributed by atoms with Crippen molar-refractivity contribution in [2.75, 3.05) is 11.4 Å². The van der Waals surface area contributed by atoms with E-state index in [2.05, 4.69) is 12.2 Å².